The van der Waals surface area contributed by atoms with Gasteiger partial charge in [-0.15, -0.1) is 0 Å². The molecule has 6 nitrogen and oxygen atoms in total. The Hall–Kier alpha value is -3.61. The number of hydrogen-bond donors (Lipinski definition) is 0. The first-order chi connectivity index (χ1) is 15.9. The van der Waals surface area contributed by atoms with Crippen LogP contribution in [0.25, 0.3) is 18.2 Å². The molecule has 0 radical (unpaired) electrons. The van der Waals surface area contributed by atoms with Gasteiger partial charge in [-0.25, -0.2) is 0 Å². The van der Waals surface area contributed by atoms with Gasteiger partial charge in [-0.05, 0) is 34.9 Å². The van der Waals surface area contributed by atoms with Crippen molar-refractivity contribution >= 4 is 36.1 Å². The second-order valence-electron chi connectivity index (χ2n) is 6.19. The number of carbonyl (C=O) groups excluding carboxylic acids is 3. The third-order valence-electron chi connectivity index (χ3n) is 3.63. The molecule has 0 amide bonds. The predicted octanol–water partition coefficient (Wildman–Crippen LogP) is 1.35. The second-order valence-corrected chi connectivity index (χ2v) is 6.19. The van der Waals surface area contributed by atoms with Gasteiger partial charge in [-0.1, -0.05) is 109 Å². The van der Waals surface area contributed by atoms with Crippen LogP contribution >= 0.6 is 0 Å². The van der Waals surface area contributed by atoms with E-state index in [1.54, 1.807) is 0 Å². The first kappa shape index (κ1) is 30.4. The summed E-state index contributed by atoms with van der Waals surface area (Å²) in [5, 5.41) is 29.9. The fourth-order valence-corrected chi connectivity index (χ4v) is 2.19. The summed E-state index contributed by atoms with van der Waals surface area (Å²) in [6, 6.07) is 27.6. The molecule has 0 aliphatic rings. The molecular formula is C27H21O6Y. The van der Waals surface area contributed by atoms with Gasteiger partial charge >= 0.3 is 32.7 Å². The van der Waals surface area contributed by atoms with Gasteiger partial charge in [-0.3, -0.25) is 0 Å². The molecule has 3 aromatic carbocycles. The molecule has 0 saturated heterocycles. The minimum atomic E-state index is -1.17. The van der Waals surface area contributed by atoms with Crippen LogP contribution < -0.4 is 15.3 Å². The average Bonchev–Trinajstić information content (AvgIpc) is 2.83. The monoisotopic (exact) mass is 530 g/mol. The Labute approximate surface area is 223 Å². The van der Waals surface area contributed by atoms with Crippen LogP contribution in [0.5, 0.6) is 0 Å². The molecule has 3 rings (SSSR count). The Kier molecular flexibility index (Phi) is 16.9. The molecule has 3 aromatic rings. The number of carboxylic acids is 3. The molecular weight excluding hydrogens is 509 g/mol. The molecule has 0 fully saturated rings. The Morgan fingerprint density at radius 2 is 0.647 bits per heavy atom. The Balaban J connectivity index is 0.000000473. The standard InChI is InChI=1S/3C9H8O2.Y/c3*10-9(11)7-6-8-4-2-1-3-5-8;/h3*1-7H,(H,10,11);/q;;;+3/p-3. The van der Waals surface area contributed by atoms with Crippen molar-refractivity contribution in [3.05, 3.63) is 126 Å². The smallest absolute Gasteiger partial charge is 0.545 e. The van der Waals surface area contributed by atoms with Crippen molar-refractivity contribution in [1.29, 1.82) is 0 Å². The Morgan fingerprint density at radius 1 is 0.441 bits per heavy atom. The third kappa shape index (κ3) is 17.0. The van der Waals surface area contributed by atoms with E-state index >= 15 is 0 Å². The molecule has 0 N–H and O–H groups in total. The van der Waals surface area contributed by atoms with E-state index in [1.165, 1.54) is 18.2 Å². The summed E-state index contributed by atoms with van der Waals surface area (Å²) < 4.78 is 0. The van der Waals surface area contributed by atoms with Crippen molar-refractivity contribution in [2.75, 3.05) is 0 Å². The molecule has 0 heterocycles. The van der Waals surface area contributed by atoms with E-state index in [1.807, 2.05) is 91.0 Å². The van der Waals surface area contributed by atoms with Crippen LogP contribution in [0, 0.1) is 0 Å². The van der Waals surface area contributed by atoms with Crippen molar-refractivity contribution in [3.8, 4) is 0 Å². The van der Waals surface area contributed by atoms with Gasteiger partial charge in [-0.2, -0.15) is 0 Å². The van der Waals surface area contributed by atoms with Crippen LogP contribution in [-0.2, 0) is 47.1 Å². The van der Waals surface area contributed by atoms with Crippen LogP contribution in [0.15, 0.2) is 109 Å². The number of carboxylic acid groups (broad SMARTS) is 3. The molecule has 0 unspecified atom stereocenters. The van der Waals surface area contributed by atoms with Crippen molar-refractivity contribution < 1.29 is 62.4 Å². The molecule has 34 heavy (non-hydrogen) atoms. The summed E-state index contributed by atoms with van der Waals surface area (Å²) in [6.07, 6.45) is 7.51. The SMILES string of the molecule is O=C([O-])C=Cc1ccccc1.O=C([O-])C=Cc1ccccc1.O=C([O-])C=Cc1ccccc1.[Y+3]. The Bertz CT molecular complexity index is 934. The summed E-state index contributed by atoms with van der Waals surface area (Å²) in [5.41, 5.74) is 2.57. The number of benzene rings is 3. The van der Waals surface area contributed by atoms with Crippen LogP contribution in [0.2, 0.25) is 0 Å². The molecule has 168 valence electrons. The Morgan fingerprint density at radius 3 is 0.824 bits per heavy atom. The third-order valence-corrected chi connectivity index (χ3v) is 3.63. The first-order valence-electron chi connectivity index (χ1n) is 9.69. The zero-order chi connectivity index (χ0) is 24.3. The van der Waals surface area contributed by atoms with Gasteiger partial charge in [0.15, 0.2) is 0 Å². The molecule has 0 bridgehead atoms. The number of carbonyl (C=O) groups is 3. The van der Waals surface area contributed by atoms with E-state index in [4.69, 9.17) is 0 Å². The van der Waals surface area contributed by atoms with Crippen molar-refractivity contribution in [2.45, 2.75) is 0 Å². The summed E-state index contributed by atoms with van der Waals surface area (Å²) in [6.45, 7) is 0. The van der Waals surface area contributed by atoms with E-state index in [0.717, 1.165) is 34.9 Å². The molecule has 0 aromatic heterocycles. The van der Waals surface area contributed by atoms with E-state index in [9.17, 15) is 29.7 Å². The van der Waals surface area contributed by atoms with E-state index in [-0.39, 0.29) is 32.7 Å². The zero-order valence-corrected chi connectivity index (χ0v) is 21.0. The fourth-order valence-electron chi connectivity index (χ4n) is 2.19. The van der Waals surface area contributed by atoms with Crippen molar-refractivity contribution in [3.63, 3.8) is 0 Å². The van der Waals surface area contributed by atoms with E-state index in [2.05, 4.69) is 0 Å². The molecule has 7 heteroatoms. The normalized spacial score (nSPS) is 9.88. The largest absolute Gasteiger partial charge is 3.00 e. The maximum atomic E-state index is 9.97. The summed E-state index contributed by atoms with van der Waals surface area (Å²) >= 11 is 0. The van der Waals surface area contributed by atoms with Gasteiger partial charge in [0.2, 0.25) is 0 Å². The predicted molar refractivity (Wildman–Crippen MR) is 121 cm³/mol. The van der Waals surface area contributed by atoms with Crippen molar-refractivity contribution in [2.24, 2.45) is 0 Å². The minimum Gasteiger partial charge on any atom is -0.545 e. The van der Waals surface area contributed by atoms with Gasteiger partial charge in [0.1, 0.15) is 0 Å². The van der Waals surface area contributed by atoms with Gasteiger partial charge in [0.05, 0.1) is 17.9 Å². The van der Waals surface area contributed by atoms with Crippen LogP contribution in [0.1, 0.15) is 16.7 Å². The van der Waals surface area contributed by atoms with Crippen molar-refractivity contribution in [1.82, 2.24) is 0 Å². The van der Waals surface area contributed by atoms with Gasteiger partial charge in [0.25, 0.3) is 0 Å². The fraction of sp³-hybridized carbons (Fsp3) is 0. The maximum absolute atomic E-state index is 9.97. The van der Waals surface area contributed by atoms with Gasteiger partial charge < -0.3 is 29.7 Å². The summed E-state index contributed by atoms with van der Waals surface area (Å²) in [7, 11) is 0. The number of hydrogen-bond acceptors (Lipinski definition) is 6. The summed E-state index contributed by atoms with van der Waals surface area (Å²) in [4.78, 5) is 29.9. The molecule has 0 atom stereocenters. The number of aliphatic carboxylic acids is 3. The van der Waals surface area contributed by atoms with Crippen LogP contribution in [0.4, 0.5) is 0 Å². The van der Waals surface area contributed by atoms with E-state index in [0.29, 0.717) is 0 Å². The average molecular weight is 530 g/mol. The van der Waals surface area contributed by atoms with Crippen LogP contribution in [-0.4, -0.2) is 17.9 Å². The molecule has 0 aliphatic carbocycles. The molecule has 0 aliphatic heterocycles. The van der Waals surface area contributed by atoms with Crippen LogP contribution in [0.3, 0.4) is 0 Å². The maximum Gasteiger partial charge on any atom is 3.00 e. The minimum absolute atomic E-state index is 0. The molecule has 0 saturated carbocycles. The van der Waals surface area contributed by atoms with Gasteiger partial charge in [0, 0.05) is 0 Å². The zero-order valence-electron chi connectivity index (χ0n) is 18.2. The second kappa shape index (κ2) is 18.9. The number of rotatable bonds is 6. The van der Waals surface area contributed by atoms with E-state index < -0.39 is 17.9 Å². The first-order valence-corrected chi connectivity index (χ1v) is 9.69. The molecule has 0 spiro atoms. The topological polar surface area (TPSA) is 120 Å². The quantitative estimate of drug-likeness (QED) is 0.444. The summed E-state index contributed by atoms with van der Waals surface area (Å²) in [5.74, 6) is -3.52.